The van der Waals surface area contributed by atoms with Crippen LogP contribution in [0.3, 0.4) is 0 Å². The standard InChI is InChI=1S/C41H75N3O15P2/c1-31(2)22-18-14-10-6-5-7-13-17-21-25-37(46)57-33(28-54-36(45)24-20-16-12-9-8-11-15-19-23-32(3)4)29-55-60(50,51)59-61(52,53)56-30-34-38(47)39(48)40(58-34)44-27-26-35(42)43-41(44)49/h26-27,31-34,38-40,47-48H,5-25,28-30H2,1-4H3,(H,50,51)(H,52,53)(H2,42,43,49)/t33-,34-,38+,39?,40-/m1/s1. The predicted octanol–water partition coefficient (Wildman–Crippen LogP) is 7.65. The Morgan fingerprint density at radius 1 is 0.738 bits per heavy atom. The van der Waals surface area contributed by atoms with Crippen molar-refractivity contribution in [1.29, 1.82) is 0 Å². The van der Waals surface area contributed by atoms with Crippen LogP contribution in [0.1, 0.15) is 169 Å². The van der Waals surface area contributed by atoms with Crippen LogP contribution in [-0.2, 0) is 46.3 Å². The van der Waals surface area contributed by atoms with Crippen molar-refractivity contribution in [3.8, 4) is 0 Å². The van der Waals surface area contributed by atoms with Gasteiger partial charge in [0.15, 0.2) is 12.3 Å². The molecule has 2 rings (SSSR count). The zero-order chi connectivity index (χ0) is 45.3. The lowest BCUT2D eigenvalue weighted by Gasteiger charge is -2.21. The lowest BCUT2D eigenvalue weighted by atomic mass is 10.0. The fourth-order valence-electron chi connectivity index (χ4n) is 6.80. The molecule has 1 fully saturated rings. The second-order valence-electron chi connectivity index (χ2n) is 16.9. The van der Waals surface area contributed by atoms with E-state index in [4.69, 9.17) is 29.0 Å². The van der Waals surface area contributed by atoms with Crippen molar-refractivity contribution < 1.29 is 66.3 Å². The maximum Gasteiger partial charge on any atom is 0.481 e. The number of hydrogen-bond acceptors (Lipinski definition) is 15. The van der Waals surface area contributed by atoms with E-state index in [-0.39, 0.29) is 18.7 Å². The molecule has 1 aliphatic heterocycles. The number of unbranched alkanes of at least 4 members (excludes halogenated alkanes) is 15. The summed E-state index contributed by atoms with van der Waals surface area (Å²) in [7, 11) is -10.8. The Bertz CT molecular complexity index is 1550. The van der Waals surface area contributed by atoms with E-state index in [2.05, 4.69) is 37.0 Å². The molecule has 18 nitrogen and oxygen atoms in total. The molecular weight excluding hydrogens is 836 g/mol. The smallest absolute Gasteiger partial charge is 0.462 e. The highest BCUT2D eigenvalue weighted by molar-refractivity contribution is 7.61. The monoisotopic (exact) mass is 911 g/mol. The summed E-state index contributed by atoms with van der Waals surface area (Å²) in [5.74, 6) is 0.164. The van der Waals surface area contributed by atoms with Crippen LogP contribution in [0.15, 0.2) is 17.1 Å². The van der Waals surface area contributed by atoms with Gasteiger partial charge in [-0.3, -0.25) is 23.2 Å². The Morgan fingerprint density at radius 2 is 1.21 bits per heavy atom. The SMILES string of the molecule is CC(C)CCCCCCCCCCCC(=O)O[C@H](COC(=O)CCCCCCCCCCC(C)C)COP(=O)(O)OP(=O)(O)OC[C@H]1O[C@@H](n2ccc(N)nc2=O)C(O)[C@H]1O. The molecular formula is C41H75N3O15P2. The summed E-state index contributed by atoms with van der Waals surface area (Å²) in [4.78, 5) is 61.6. The molecule has 0 radical (unpaired) electrons. The van der Waals surface area contributed by atoms with Crippen LogP contribution in [0, 0.1) is 11.8 Å². The van der Waals surface area contributed by atoms with Crippen LogP contribution in [0.2, 0.25) is 0 Å². The maximum atomic E-state index is 12.8. The summed E-state index contributed by atoms with van der Waals surface area (Å²) >= 11 is 0. The number of nitrogens with two attached hydrogens (primary N) is 1. The number of carbonyl (C=O) groups is 2. The molecule has 0 amide bonds. The summed E-state index contributed by atoms with van der Waals surface area (Å²) < 4.78 is 56.5. The summed E-state index contributed by atoms with van der Waals surface area (Å²) in [5.41, 5.74) is 4.58. The van der Waals surface area contributed by atoms with Crippen molar-refractivity contribution in [1.82, 2.24) is 9.55 Å². The minimum Gasteiger partial charge on any atom is -0.462 e. The largest absolute Gasteiger partial charge is 0.481 e. The van der Waals surface area contributed by atoms with Gasteiger partial charge in [-0.2, -0.15) is 9.29 Å². The van der Waals surface area contributed by atoms with Crippen molar-refractivity contribution in [2.24, 2.45) is 11.8 Å². The van der Waals surface area contributed by atoms with E-state index >= 15 is 0 Å². The zero-order valence-corrected chi connectivity index (χ0v) is 38.6. The normalized spacial score (nSPS) is 20.4. The second-order valence-corrected chi connectivity index (χ2v) is 19.9. The molecule has 1 aromatic heterocycles. The van der Waals surface area contributed by atoms with Gasteiger partial charge >= 0.3 is 33.3 Å². The molecule has 20 heteroatoms. The summed E-state index contributed by atoms with van der Waals surface area (Å²) in [6, 6.07) is 1.25. The molecule has 3 unspecified atom stereocenters. The Balaban J connectivity index is 1.85. The van der Waals surface area contributed by atoms with Crippen LogP contribution in [-0.4, -0.2) is 85.7 Å². The predicted molar refractivity (Wildman–Crippen MR) is 229 cm³/mol. The third kappa shape index (κ3) is 25.0. The summed E-state index contributed by atoms with van der Waals surface area (Å²) in [6.07, 6.45) is 13.9. The molecule has 0 spiro atoms. The van der Waals surface area contributed by atoms with E-state index in [1.165, 1.54) is 63.9 Å². The Morgan fingerprint density at radius 3 is 1.72 bits per heavy atom. The molecule has 2 heterocycles. The number of rotatable bonds is 35. The number of aromatic nitrogens is 2. The maximum absolute atomic E-state index is 12.8. The third-order valence-electron chi connectivity index (χ3n) is 10.3. The molecule has 1 aliphatic rings. The van der Waals surface area contributed by atoms with Crippen molar-refractivity contribution in [2.75, 3.05) is 25.6 Å². The molecule has 7 atom stereocenters. The molecule has 354 valence electrons. The summed E-state index contributed by atoms with van der Waals surface area (Å²) in [6.45, 7) is 6.65. The highest BCUT2D eigenvalue weighted by Crippen LogP contribution is 2.60. The molecule has 0 bridgehead atoms. The van der Waals surface area contributed by atoms with Gasteiger partial charge in [0.05, 0.1) is 13.2 Å². The number of ether oxygens (including phenoxy) is 3. The molecule has 0 saturated carbocycles. The number of nitrogen functional groups attached to an aromatic ring is 1. The minimum atomic E-state index is -5.41. The minimum absolute atomic E-state index is 0.0540. The van der Waals surface area contributed by atoms with E-state index in [1.807, 2.05) is 0 Å². The third-order valence-corrected chi connectivity index (χ3v) is 12.9. The Hall–Kier alpha value is -2.24. The van der Waals surface area contributed by atoms with Crippen LogP contribution in [0.4, 0.5) is 5.82 Å². The van der Waals surface area contributed by atoms with E-state index in [1.54, 1.807) is 0 Å². The number of nitrogens with zero attached hydrogens (tertiary/aromatic N) is 2. The molecule has 0 aromatic carbocycles. The van der Waals surface area contributed by atoms with Crippen molar-refractivity contribution >= 4 is 33.4 Å². The first-order valence-corrected chi connectivity index (χ1v) is 25.3. The molecule has 0 aliphatic carbocycles. The molecule has 1 saturated heterocycles. The topological polar surface area (TPSA) is 265 Å². The fourth-order valence-corrected chi connectivity index (χ4v) is 8.91. The van der Waals surface area contributed by atoms with E-state index in [0.717, 1.165) is 74.0 Å². The first-order chi connectivity index (χ1) is 28.9. The van der Waals surface area contributed by atoms with E-state index in [9.17, 15) is 43.5 Å². The lowest BCUT2D eigenvalue weighted by molar-refractivity contribution is -0.161. The number of phosphoric acid groups is 2. The number of hydrogen-bond donors (Lipinski definition) is 5. The average Bonchev–Trinajstić information content (AvgIpc) is 3.46. The number of anilines is 1. The Labute approximate surface area is 361 Å². The van der Waals surface area contributed by atoms with Gasteiger partial charge in [-0.25, -0.2) is 13.9 Å². The van der Waals surface area contributed by atoms with Crippen molar-refractivity contribution in [3.05, 3.63) is 22.7 Å². The van der Waals surface area contributed by atoms with Crippen LogP contribution in [0.25, 0.3) is 0 Å². The van der Waals surface area contributed by atoms with Gasteiger partial charge in [-0.15, -0.1) is 0 Å². The number of esters is 2. The van der Waals surface area contributed by atoms with Gasteiger partial charge in [-0.1, -0.05) is 137 Å². The summed E-state index contributed by atoms with van der Waals surface area (Å²) in [5, 5.41) is 20.8. The van der Waals surface area contributed by atoms with Crippen LogP contribution in [0.5, 0.6) is 0 Å². The number of carbonyl (C=O) groups excluding carboxylic acids is 2. The first-order valence-electron chi connectivity index (χ1n) is 22.3. The molecule has 61 heavy (non-hydrogen) atoms. The molecule has 1 aromatic rings. The highest BCUT2D eigenvalue weighted by atomic mass is 31.3. The van der Waals surface area contributed by atoms with Gasteiger partial charge < -0.3 is 39.9 Å². The lowest BCUT2D eigenvalue weighted by Crippen LogP contribution is -2.36. The van der Waals surface area contributed by atoms with Gasteiger partial charge in [0.1, 0.15) is 30.7 Å². The van der Waals surface area contributed by atoms with E-state index in [0.29, 0.717) is 12.8 Å². The fraction of sp³-hybridized carbons (Fsp3) is 0.854. The van der Waals surface area contributed by atoms with Crippen molar-refractivity contribution in [3.63, 3.8) is 0 Å². The number of phosphoric ester groups is 2. The van der Waals surface area contributed by atoms with Crippen molar-refractivity contribution in [2.45, 2.75) is 193 Å². The average molecular weight is 912 g/mol. The van der Waals surface area contributed by atoms with Crippen LogP contribution < -0.4 is 11.4 Å². The Kier molecular flexibility index (Phi) is 27.0. The molecule has 6 N–H and O–H groups in total. The zero-order valence-electron chi connectivity index (χ0n) is 36.8. The van der Waals surface area contributed by atoms with Gasteiger partial charge in [0.25, 0.3) is 0 Å². The van der Waals surface area contributed by atoms with E-state index < -0.39 is 83.7 Å². The quantitative estimate of drug-likeness (QED) is 0.0249. The van der Waals surface area contributed by atoms with Gasteiger partial charge in [-0.05, 0) is 30.7 Å². The second kappa shape index (κ2) is 30.0. The highest BCUT2D eigenvalue weighted by Gasteiger charge is 2.46. The van der Waals surface area contributed by atoms with Crippen LogP contribution >= 0.6 is 15.6 Å². The number of aliphatic hydroxyl groups excluding tert-OH is 2. The first kappa shape index (κ1) is 54.9. The van der Waals surface area contributed by atoms with Gasteiger partial charge in [0, 0.05) is 19.0 Å². The number of aliphatic hydroxyl groups is 2. The van der Waals surface area contributed by atoms with Gasteiger partial charge in [0.2, 0.25) is 0 Å².